The smallest absolute Gasteiger partial charge is 0.267 e. The van der Waals surface area contributed by atoms with Gasteiger partial charge in [0.1, 0.15) is 6.54 Å². The van der Waals surface area contributed by atoms with Gasteiger partial charge in [-0.05, 0) is 18.2 Å². The van der Waals surface area contributed by atoms with E-state index in [0.717, 1.165) is 4.68 Å². The van der Waals surface area contributed by atoms with Crippen molar-refractivity contribution in [2.75, 3.05) is 6.54 Å². The Labute approximate surface area is 141 Å². The second-order valence-corrected chi connectivity index (χ2v) is 5.07. The van der Waals surface area contributed by atoms with Crippen molar-refractivity contribution in [3.05, 3.63) is 69.6 Å². The number of hydrogen-bond donors (Lipinski definition) is 1. The molecule has 25 heavy (non-hydrogen) atoms. The van der Waals surface area contributed by atoms with Crippen LogP contribution in [0.2, 0.25) is 0 Å². The number of nitrogens with zero attached hydrogens (tertiary/aromatic N) is 6. The van der Waals surface area contributed by atoms with Crippen molar-refractivity contribution in [3.8, 4) is 5.82 Å². The van der Waals surface area contributed by atoms with E-state index in [2.05, 4.69) is 20.6 Å². The lowest BCUT2D eigenvalue weighted by Crippen LogP contribution is -2.36. The SMILES string of the molecule is O=C(Cn1ncccc1=O)NCCn1nc(-n2cccn2)ccc1=O. The zero-order valence-electron chi connectivity index (χ0n) is 13.1. The minimum absolute atomic E-state index is 0.185. The lowest BCUT2D eigenvalue weighted by atomic mass is 10.5. The molecule has 0 saturated carbocycles. The summed E-state index contributed by atoms with van der Waals surface area (Å²) in [5.74, 6) is 0.119. The van der Waals surface area contributed by atoms with E-state index >= 15 is 0 Å². The zero-order chi connectivity index (χ0) is 17.6. The van der Waals surface area contributed by atoms with E-state index in [4.69, 9.17) is 0 Å². The highest BCUT2D eigenvalue weighted by molar-refractivity contribution is 5.75. The predicted molar refractivity (Wildman–Crippen MR) is 87.1 cm³/mol. The summed E-state index contributed by atoms with van der Waals surface area (Å²) in [5, 5.41) is 14.7. The highest BCUT2D eigenvalue weighted by atomic mass is 16.2. The fraction of sp³-hybridized carbons (Fsp3) is 0.200. The Morgan fingerprint density at radius 1 is 1.00 bits per heavy atom. The quantitative estimate of drug-likeness (QED) is 0.602. The maximum Gasteiger partial charge on any atom is 0.267 e. The summed E-state index contributed by atoms with van der Waals surface area (Å²) in [4.78, 5) is 35.2. The summed E-state index contributed by atoms with van der Waals surface area (Å²) in [7, 11) is 0. The van der Waals surface area contributed by atoms with Crippen LogP contribution in [-0.2, 0) is 17.9 Å². The highest BCUT2D eigenvalue weighted by Crippen LogP contribution is 1.97. The molecule has 0 atom stereocenters. The first-order valence-electron chi connectivity index (χ1n) is 7.50. The maximum absolute atomic E-state index is 11.9. The molecule has 3 aromatic heterocycles. The monoisotopic (exact) mass is 341 g/mol. The second-order valence-electron chi connectivity index (χ2n) is 5.07. The molecule has 0 unspecified atom stereocenters. The van der Waals surface area contributed by atoms with Gasteiger partial charge in [-0.15, -0.1) is 5.10 Å². The number of amides is 1. The van der Waals surface area contributed by atoms with E-state index < -0.39 is 0 Å². The van der Waals surface area contributed by atoms with Crippen molar-refractivity contribution in [1.82, 2.24) is 34.7 Å². The van der Waals surface area contributed by atoms with Crippen LogP contribution in [0.25, 0.3) is 5.82 Å². The van der Waals surface area contributed by atoms with Crippen molar-refractivity contribution in [1.29, 1.82) is 0 Å². The van der Waals surface area contributed by atoms with Crippen LogP contribution in [0, 0.1) is 0 Å². The number of carbonyl (C=O) groups is 1. The van der Waals surface area contributed by atoms with Gasteiger partial charge in [-0.3, -0.25) is 14.4 Å². The van der Waals surface area contributed by atoms with E-state index in [1.165, 1.54) is 33.8 Å². The fourth-order valence-corrected chi connectivity index (χ4v) is 2.12. The lowest BCUT2D eigenvalue weighted by Gasteiger charge is -2.08. The van der Waals surface area contributed by atoms with Gasteiger partial charge < -0.3 is 5.32 Å². The van der Waals surface area contributed by atoms with Crippen LogP contribution in [0.3, 0.4) is 0 Å². The van der Waals surface area contributed by atoms with Crippen LogP contribution in [0.5, 0.6) is 0 Å². The van der Waals surface area contributed by atoms with Gasteiger partial charge in [0.25, 0.3) is 11.1 Å². The highest BCUT2D eigenvalue weighted by Gasteiger charge is 2.06. The van der Waals surface area contributed by atoms with Crippen LogP contribution in [-0.4, -0.2) is 41.8 Å². The molecular formula is C15H15N7O3. The molecule has 1 amide bonds. The summed E-state index contributed by atoms with van der Waals surface area (Å²) < 4.78 is 3.82. The largest absolute Gasteiger partial charge is 0.353 e. The first kappa shape index (κ1) is 16.3. The molecule has 3 aromatic rings. The number of aromatic nitrogens is 6. The molecule has 0 aliphatic heterocycles. The molecule has 10 heteroatoms. The van der Waals surface area contributed by atoms with Crippen molar-refractivity contribution in [2.24, 2.45) is 0 Å². The maximum atomic E-state index is 11.9. The molecule has 0 aliphatic rings. The number of nitrogens with one attached hydrogen (secondary N) is 1. The van der Waals surface area contributed by atoms with Gasteiger partial charge in [-0.25, -0.2) is 14.0 Å². The van der Waals surface area contributed by atoms with Crippen molar-refractivity contribution >= 4 is 5.91 Å². The summed E-state index contributed by atoms with van der Waals surface area (Å²) in [6, 6.07) is 7.53. The van der Waals surface area contributed by atoms with Crippen LogP contribution < -0.4 is 16.4 Å². The summed E-state index contributed by atoms with van der Waals surface area (Å²) in [6.07, 6.45) is 4.75. The zero-order valence-corrected chi connectivity index (χ0v) is 13.1. The summed E-state index contributed by atoms with van der Waals surface area (Å²) >= 11 is 0. The van der Waals surface area contributed by atoms with Crippen molar-refractivity contribution in [3.63, 3.8) is 0 Å². The molecular weight excluding hydrogens is 326 g/mol. The Bertz CT molecular complexity index is 975. The Hall–Kier alpha value is -3.56. The second kappa shape index (κ2) is 7.34. The molecule has 0 fully saturated rings. The number of rotatable bonds is 6. The van der Waals surface area contributed by atoms with Gasteiger partial charge in [0.15, 0.2) is 5.82 Å². The Morgan fingerprint density at radius 3 is 2.56 bits per heavy atom. The lowest BCUT2D eigenvalue weighted by molar-refractivity contribution is -0.121. The molecule has 0 radical (unpaired) electrons. The summed E-state index contributed by atoms with van der Waals surface area (Å²) in [6.45, 7) is 0.196. The third-order valence-electron chi connectivity index (χ3n) is 3.32. The molecule has 10 nitrogen and oxygen atoms in total. The fourth-order valence-electron chi connectivity index (χ4n) is 2.12. The molecule has 0 spiro atoms. The average Bonchev–Trinajstić information content (AvgIpc) is 3.13. The minimum atomic E-state index is -0.378. The van der Waals surface area contributed by atoms with Gasteiger partial charge >= 0.3 is 0 Å². The van der Waals surface area contributed by atoms with E-state index in [9.17, 15) is 14.4 Å². The molecule has 0 saturated heterocycles. The topological polar surface area (TPSA) is 117 Å². The Morgan fingerprint density at radius 2 is 1.80 bits per heavy atom. The molecule has 0 bridgehead atoms. The Kier molecular flexibility index (Phi) is 4.79. The standard InChI is InChI=1S/C15H15N7O3/c23-13(11-22-14(24)3-1-6-18-22)16-8-10-21-15(25)5-4-12(19-21)20-9-2-7-17-20/h1-7,9H,8,10-11H2,(H,16,23). The predicted octanol–water partition coefficient (Wildman–Crippen LogP) is -1.20. The van der Waals surface area contributed by atoms with E-state index in [1.807, 2.05) is 0 Å². The van der Waals surface area contributed by atoms with E-state index in [-0.39, 0.29) is 36.7 Å². The van der Waals surface area contributed by atoms with E-state index in [1.54, 1.807) is 24.5 Å². The van der Waals surface area contributed by atoms with Crippen LogP contribution in [0.15, 0.2) is 58.5 Å². The number of hydrogen-bond acceptors (Lipinski definition) is 6. The van der Waals surface area contributed by atoms with Gasteiger partial charge in [0.2, 0.25) is 5.91 Å². The number of carbonyl (C=O) groups excluding carboxylic acids is 1. The van der Waals surface area contributed by atoms with Gasteiger partial charge in [-0.2, -0.15) is 10.2 Å². The summed E-state index contributed by atoms with van der Waals surface area (Å²) in [5.41, 5.74) is -0.645. The molecule has 3 rings (SSSR count). The molecule has 0 aliphatic carbocycles. The van der Waals surface area contributed by atoms with Crippen molar-refractivity contribution in [2.45, 2.75) is 13.1 Å². The van der Waals surface area contributed by atoms with Gasteiger partial charge in [0, 0.05) is 37.3 Å². The first-order chi connectivity index (χ1) is 12.1. The molecule has 3 heterocycles. The minimum Gasteiger partial charge on any atom is -0.353 e. The third kappa shape index (κ3) is 4.05. The molecule has 1 N–H and O–H groups in total. The van der Waals surface area contributed by atoms with Gasteiger partial charge in [0.05, 0.1) is 6.54 Å². The Balaban J connectivity index is 1.59. The van der Waals surface area contributed by atoms with Crippen molar-refractivity contribution < 1.29 is 4.79 Å². The van der Waals surface area contributed by atoms with Crippen LogP contribution >= 0.6 is 0 Å². The molecule has 128 valence electrons. The third-order valence-corrected chi connectivity index (χ3v) is 3.32. The first-order valence-corrected chi connectivity index (χ1v) is 7.50. The van der Waals surface area contributed by atoms with Gasteiger partial charge in [-0.1, -0.05) is 0 Å². The van der Waals surface area contributed by atoms with Crippen LogP contribution in [0.4, 0.5) is 0 Å². The normalized spacial score (nSPS) is 10.6. The van der Waals surface area contributed by atoms with E-state index in [0.29, 0.717) is 5.82 Å². The molecule has 0 aromatic carbocycles. The van der Waals surface area contributed by atoms with Crippen LogP contribution in [0.1, 0.15) is 0 Å². The average molecular weight is 341 g/mol.